The Labute approximate surface area is 134 Å². The van der Waals surface area contributed by atoms with E-state index in [-0.39, 0.29) is 5.75 Å². The summed E-state index contributed by atoms with van der Waals surface area (Å²) < 4.78 is 1.83. The molecule has 0 amide bonds. The van der Waals surface area contributed by atoms with Crippen LogP contribution in [0.2, 0.25) is 0 Å². The molecule has 1 saturated heterocycles. The Kier molecular flexibility index (Phi) is 3.57. The molecule has 1 fully saturated rings. The number of benzene rings is 1. The van der Waals surface area contributed by atoms with E-state index in [1.165, 1.54) is 19.3 Å². The second-order valence-electron chi connectivity index (χ2n) is 5.97. The van der Waals surface area contributed by atoms with Crippen LogP contribution in [-0.2, 0) is 6.42 Å². The number of nitrogens with zero attached hydrogens (tertiary/aromatic N) is 5. The van der Waals surface area contributed by atoms with Crippen LogP contribution in [0.4, 0.5) is 5.82 Å². The van der Waals surface area contributed by atoms with Crippen LogP contribution in [0.3, 0.4) is 0 Å². The fourth-order valence-corrected chi connectivity index (χ4v) is 3.02. The molecule has 0 spiro atoms. The summed E-state index contributed by atoms with van der Waals surface area (Å²) in [6.45, 7) is 2.13. The van der Waals surface area contributed by atoms with Crippen LogP contribution in [0.25, 0.3) is 5.65 Å². The molecule has 0 saturated carbocycles. The van der Waals surface area contributed by atoms with Gasteiger partial charge in [0.05, 0.1) is 0 Å². The van der Waals surface area contributed by atoms with Crippen molar-refractivity contribution in [3.05, 3.63) is 47.8 Å². The number of hydrogen-bond donors (Lipinski definition) is 1. The van der Waals surface area contributed by atoms with Crippen LogP contribution < -0.4 is 4.90 Å². The van der Waals surface area contributed by atoms with Crippen LogP contribution in [0.1, 0.15) is 30.7 Å². The van der Waals surface area contributed by atoms with Crippen LogP contribution in [0.5, 0.6) is 5.75 Å². The summed E-state index contributed by atoms with van der Waals surface area (Å²) in [5, 5.41) is 22.6. The first kappa shape index (κ1) is 14.0. The minimum atomic E-state index is 0.269. The van der Waals surface area contributed by atoms with Crippen LogP contribution in [0.15, 0.2) is 36.4 Å². The quantitative estimate of drug-likeness (QED) is 0.805. The van der Waals surface area contributed by atoms with E-state index < -0.39 is 0 Å². The van der Waals surface area contributed by atoms with E-state index in [1.54, 1.807) is 12.1 Å². The molecule has 0 aliphatic carbocycles. The van der Waals surface area contributed by atoms with E-state index in [9.17, 15) is 5.11 Å². The zero-order valence-electron chi connectivity index (χ0n) is 12.9. The largest absolute Gasteiger partial charge is 0.508 e. The Hall–Kier alpha value is -2.63. The van der Waals surface area contributed by atoms with E-state index in [2.05, 4.69) is 15.1 Å². The summed E-state index contributed by atoms with van der Waals surface area (Å²) in [4.78, 5) is 2.33. The third kappa shape index (κ3) is 2.84. The van der Waals surface area contributed by atoms with Crippen molar-refractivity contribution in [2.45, 2.75) is 25.7 Å². The molecule has 3 aromatic rings. The smallest absolute Gasteiger partial charge is 0.178 e. The third-order valence-corrected chi connectivity index (χ3v) is 4.29. The fraction of sp³-hybridized carbons (Fsp3) is 0.353. The lowest BCUT2D eigenvalue weighted by atomic mass is 10.1. The van der Waals surface area contributed by atoms with Gasteiger partial charge in [-0.25, -0.2) is 0 Å². The van der Waals surface area contributed by atoms with Gasteiger partial charge in [0.1, 0.15) is 11.6 Å². The minimum absolute atomic E-state index is 0.269. The van der Waals surface area contributed by atoms with Gasteiger partial charge >= 0.3 is 0 Å². The lowest BCUT2D eigenvalue weighted by Crippen LogP contribution is -2.30. The number of phenols is 1. The molecule has 6 nitrogen and oxygen atoms in total. The molecule has 1 aliphatic rings. The lowest BCUT2D eigenvalue weighted by molar-refractivity contribution is 0.475. The maximum atomic E-state index is 9.38. The van der Waals surface area contributed by atoms with E-state index in [4.69, 9.17) is 5.10 Å². The maximum Gasteiger partial charge on any atom is 0.178 e. The molecule has 1 aromatic carbocycles. The first-order valence-electron chi connectivity index (χ1n) is 8.04. The van der Waals surface area contributed by atoms with Crippen LogP contribution in [-0.4, -0.2) is 38.0 Å². The highest BCUT2D eigenvalue weighted by atomic mass is 16.3. The zero-order chi connectivity index (χ0) is 15.6. The Morgan fingerprint density at radius 1 is 0.913 bits per heavy atom. The molecule has 23 heavy (non-hydrogen) atoms. The summed E-state index contributed by atoms with van der Waals surface area (Å²) >= 11 is 0. The Balaban J connectivity index is 1.65. The first-order valence-corrected chi connectivity index (χ1v) is 8.04. The fourth-order valence-electron chi connectivity index (χ4n) is 3.02. The van der Waals surface area contributed by atoms with Gasteiger partial charge in [-0.3, -0.25) is 0 Å². The molecule has 0 bridgehead atoms. The summed E-state index contributed by atoms with van der Waals surface area (Å²) in [5.41, 5.74) is 1.84. The molecule has 0 unspecified atom stereocenters. The molecule has 0 atom stereocenters. The number of hydrogen-bond acceptors (Lipinski definition) is 5. The second-order valence-corrected chi connectivity index (χ2v) is 5.97. The second kappa shape index (κ2) is 5.87. The number of rotatable bonds is 3. The molecule has 1 N–H and O–H groups in total. The highest BCUT2D eigenvalue weighted by Crippen LogP contribution is 2.19. The Morgan fingerprint density at radius 3 is 2.48 bits per heavy atom. The molecule has 4 rings (SSSR count). The third-order valence-electron chi connectivity index (χ3n) is 4.29. The average Bonchev–Trinajstić information content (AvgIpc) is 3.00. The number of piperidine rings is 1. The molecular formula is C17H19N5O. The molecule has 0 radical (unpaired) electrons. The summed E-state index contributed by atoms with van der Waals surface area (Å²) in [6.07, 6.45) is 4.39. The Bertz CT molecular complexity index is 805. The van der Waals surface area contributed by atoms with Crippen molar-refractivity contribution in [2.24, 2.45) is 0 Å². The number of fused-ring (bicyclic) bond motifs is 1. The van der Waals surface area contributed by atoms with Crippen LogP contribution >= 0.6 is 0 Å². The van der Waals surface area contributed by atoms with Crippen molar-refractivity contribution in [1.29, 1.82) is 0 Å². The molecule has 2 aromatic heterocycles. The number of aromatic hydroxyl groups is 1. The molecule has 118 valence electrons. The molecular weight excluding hydrogens is 290 g/mol. The van der Waals surface area contributed by atoms with Crippen molar-refractivity contribution in [3.8, 4) is 5.75 Å². The summed E-state index contributed by atoms with van der Waals surface area (Å²) in [7, 11) is 0. The van der Waals surface area contributed by atoms with Gasteiger partial charge < -0.3 is 10.0 Å². The maximum absolute atomic E-state index is 9.38. The highest BCUT2D eigenvalue weighted by molar-refractivity contribution is 5.46. The normalized spacial score (nSPS) is 15.2. The van der Waals surface area contributed by atoms with Gasteiger partial charge in [0, 0.05) is 19.5 Å². The van der Waals surface area contributed by atoms with Crippen molar-refractivity contribution in [2.75, 3.05) is 18.0 Å². The zero-order valence-corrected chi connectivity index (χ0v) is 12.9. The van der Waals surface area contributed by atoms with E-state index in [0.717, 1.165) is 35.9 Å². The molecule has 1 aliphatic heterocycles. The van der Waals surface area contributed by atoms with Crippen molar-refractivity contribution >= 4 is 11.5 Å². The standard InChI is InChI=1S/C17H19N5O/c23-14-6-4-13(5-7-14)12-17-19-18-15-8-9-16(20-22(15)17)21-10-2-1-3-11-21/h4-9,23H,1-3,10-12H2. The number of anilines is 1. The monoisotopic (exact) mass is 309 g/mol. The van der Waals surface area contributed by atoms with Gasteiger partial charge in [-0.05, 0) is 49.1 Å². The topological polar surface area (TPSA) is 66.6 Å². The lowest BCUT2D eigenvalue weighted by Gasteiger charge is -2.27. The van der Waals surface area contributed by atoms with Gasteiger partial charge in [0.2, 0.25) is 0 Å². The Morgan fingerprint density at radius 2 is 1.70 bits per heavy atom. The number of phenolic OH excluding ortho intramolecular Hbond substituents is 1. The van der Waals surface area contributed by atoms with Gasteiger partial charge in [0.25, 0.3) is 0 Å². The van der Waals surface area contributed by atoms with Crippen LogP contribution in [0, 0.1) is 0 Å². The van der Waals surface area contributed by atoms with Crippen molar-refractivity contribution in [1.82, 2.24) is 19.8 Å². The minimum Gasteiger partial charge on any atom is -0.508 e. The summed E-state index contributed by atoms with van der Waals surface area (Å²) in [6, 6.07) is 11.2. The van der Waals surface area contributed by atoms with E-state index in [0.29, 0.717) is 6.42 Å². The SMILES string of the molecule is Oc1ccc(Cc2nnc3ccc(N4CCCCC4)nn23)cc1. The van der Waals surface area contributed by atoms with E-state index >= 15 is 0 Å². The highest BCUT2D eigenvalue weighted by Gasteiger charge is 2.14. The van der Waals surface area contributed by atoms with Gasteiger partial charge in [-0.1, -0.05) is 12.1 Å². The predicted octanol–water partition coefficient (Wildman–Crippen LogP) is 2.41. The molecule has 6 heteroatoms. The summed E-state index contributed by atoms with van der Waals surface area (Å²) in [5.74, 6) is 2.07. The molecule has 3 heterocycles. The number of aromatic nitrogens is 4. The van der Waals surface area contributed by atoms with Gasteiger partial charge in [-0.2, -0.15) is 4.52 Å². The van der Waals surface area contributed by atoms with E-state index in [1.807, 2.05) is 28.8 Å². The van der Waals surface area contributed by atoms with Gasteiger partial charge in [-0.15, -0.1) is 15.3 Å². The van der Waals surface area contributed by atoms with Crippen molar-refractivity contribution < 1.29 is 5.11 Å². The van der Waals surface area contributed by atoms with Crippen molar-refractivity contribution in [3.63, 3.8) is 0 Å². The van der Waals surface area contributed by atoms with Gasteiger partial charge in [0.15, 0.2) is 11.5 Å². The average molecular weight is 309 g/mol. The first-order chi connectivity index (χ1) is 11.3. The predicted molar refractivity (Wildman–Crippen MR) is 87.8 cm³/mol.